The summed E-state index contributed by atoms with van der Waals surface area (Å²) in [6, 6.07) is 5.51. The Bertz CT molecular complexity index is 525. The molecular weight excluding hydrogens is 288 g/mol. The highest BCUT2D eigenvalue weighted by molar-refractivity contribution is 8.13. The lowest BCUT2D eigenvalue weighted by atomic mass is 10.2. The first-order valence-corrected chi connectivity index (χ1v) is 8.48. The Morgan fingerprint density at radius 1 is 1.26 bits per heavy atom. The molecule has 1 aromatic rings. The van der Waals surface area contributed by atoms with Gasteiger partial charge >= 0.3 is 5.97 Å². The van der Waals surface area contributed by atoms with Crippen LogP contribution in [0.5, 0.6) is 0 Å². The van der Waals surface area contributed by atoms with Crippen molar-refractivity contribution < 1.29 is 17.9 Å². The van der Waals surface area contributed by atoms with Crippen molar-refractivity contribution in [3.05, 3.63) is 29.8 Å². The van der Waals surface area contributed by atoms with Crippen molar-refractivity contribution in [3.63, 3.8) is 0 Å². The van der Waals surface area contributed by atoms with E-state index in [-0.39, 0.29) is 10.5 Å². The molecule has 19 heavy (non-hydrogen) atoms. The smallest absolute Gasteiger partial charge is 0.338 e. The van der Waals surface area contributed by atoms with E-state index in [0.717, 1.165) is 25.7 Å². The topological polar surface area (TPSA) is 60.4 Å². The summed E-state index contributed by atoms with van der Waals surface area (Å²) < 4.78 is 27.4. The summed E-state index contributed by atoms with van der Waals surface area (Å²) in [5, 5.41) is 0. The Labute approximate surface area is 118 Å². The number of carbonyl (C=O) groups is 1. The zero-order valence-corrected chi connectivity index (χ0v) is 12.3. The number of carbonyl (C=O) groups excluding carboxylic acids is 1. The highest BCUT2D eigenvalue weighted by Crippen LogP contribution is 2.16. The van der Waals surface area contributed by atoms with E-state index >= 15 is 0 Å². The third kappa shape index (κ3) is 5.61. The zero-order valence-electron chi connectivity index (χ0n) is 10.8. The molecule has 0 atom stereocenters. The second-order valence-corrected chi connectivity index (χ2v) is 6.73. The quantitative estimate of drug-likeness (QED) is 0.440. The molecule has 1 rings (SSSR count). The van der Waals surface area contributed by atoms with Gasteiger partial charge in [-0.3, -0.25) is 0 Å². The van der Waals surface area contributed by atoms with E-state index in [1.807, 2.05) is 0 Å². The maximum Gasteiger partial charge on any atom is 0.338 e. The molecule has 0 heterocycles. The van der Waals surface area contributed by atoms with Gasteiger partial charge in [0.15, 0.2) is 0 Å². The first-order valence-electron chi connectivity index (χ1n) is 6.17. The maximum atomic E-state index is 11.7. The molecule has 0 spiro atoms. The molecule has 0 aliphatic carbocycles. The molecule has 0 radical (unpaired) electrons. The summed E-state index contributed by atoms with van der Waals surface area (Å²) in [5.41, 5.74) is 0.192. The Kier molecular flexibility index (Phi) is 6.31. The van der Waals surface area contributed by atoms with Crippen molar-refractivity contribution in [2.24, 2.45) is 0 Å². The summed E-state index contributed by atoms with van der Waals surface area (Å²) in [6.07, 6.45) is 4.05. The summed E-state index contributed by atoms with van der Waals surface area (Å²) >= 11 is 0. The Hall–Kier alpha value is -1.07. The molecule has 0 saturated heterocycles. The zero-order chi connectivity index (χ0) is 14.3. The van der Waals surface area contributed by atoms with Crippen LogP contribution in [0.15, 0.2) is 29.2 Å². The van der Waals surface area contributed by atoms with Gasteiger partial charge in [0.2, 0.25) is 0 Å². The number of benzene rings is 1. The van der Waals surface area contributed by atoms with Gasteiger partial charge in [0.25, 0.3) is 9.05 Å². The standard InChI is InChI=1S/C13H17ClO4S/c1-2-3-4-5-9-18-13(15)11-7-6-8-12(10-11)19(14,16)17/h6-8,10H,2-5,9H2,1H3. The van der Waals surface area contributed by atoms with Crippen molar-refractivity contribution >= 4 is 25.7 Å². The van der Waals surface area contributed by atoms with Crippen molar-refractivity contribution in [1.82, 2.24) is 0 Å². The lowest BCUT2D eigenvalue weighted by molar-refractivity contribution is 0.0497. The molecule has 1 aromatic carbocycles. The molecule has 0 amide bonds. The van der Waals surface area contributed by atoms with E-state index in [1.165, 1.54) is 24.3 Å². The normalized spacial score (nSPS) is 11.3. The fraction of sp³-hybridized carbons (Fsp3) is 0.462. The first kappa shape index (κ1) is 16.0. The summed E-state index contributed by atoms with van der Waals surface area (Å²) in [4.78, 5) is 11.6. The Morgan fingerprint density at radius 3 is 2.63 bits per heavy atom. The summed E-state index contributed by atoms with van der Waals surface area (Å²) in [7, 11) is 1.39. The lowest BCUT2D eigenvalue weighted by Crippen LogP contribution is -2.07. The van der Waals surface area contributed by atoms with Crippen molar-refractivity contribution in [2.75, 3.05) is 6.61 Å². The van der Waals surface area contributed by atoms with Crippen LogP contribution >= 0.6 is 10.7 Å². The minimum absolute atomic E-state index is 0.102. The van der Waals surface area contributed by atoms with Crippen LogP contribution in [0, 0.1) is 0 Å². The minimum atomic E-state index is -3.83. The van der Waals surface area contributed by atoms with Crippen LogP contribution in [0.1, 0.15) is 43.0 Å². The van der Waals surface area contributed by atoms with Crippen LogP contribution < -0.4 is 0 Å². The van der Waals surface area contributed by atoms with Crippen molar-refractivity contribution in [1.29, 1.82) is 0 Å². The van der Waals surface area contributed by atoms with E-state index in [1.54, 1.807) is 0 Å². The number of hydrogen-bond acceptors (Lipinski definition) is 4. The predicted molar refractivity (Wildman–Crippen MR) is 73.9 cm³/mol. The van der Waals surface area contributed by atoms with Crippen LogP contribution in [0.4, 0.5) is 0 Å². The third-order valence-corrected chi connectivity index (χ3v) is 3.93. The molecule has 4 nitrogen and oxygen atoms in total. The third-order valence-electron chi connectivity index (χ3n) is 2.58. The van der Waals surface area contributed by atoms with Crippen LogP contribution in [-0.2, 0) is 13.8 Å². The molecule has 0 aliphatic heterocycles. The molecule has 106 valence electrons. The molecule has 6 heteroatoms. The number of hydrogen-bond donors (Lipinski definition) is 0. The van der Waals surface area contributed by atoms with Crippen LogP contribution in [0.3, 0.4) is 0 Å². The molecule has 0 bridgehead atoms. The van der Waals surface area contributed by atoms with Crippen molar-refractivity contribution in [2.45, 2.75) is 37.5 Å². The Balaban J connectivity index is 2.58. The van der Waals surface area contributed by atoms with Gasteiger partial charge in [0, 0.05) is 10.7 Å². The Morgan fingerprint density at radius 2 is 2.00 bits per heavy atom. The van der Waals surface area contributed by atoms with Gasteiger partial charge in [-0.15, -0.1) is 0 Å². The fourth-order valence-electron chi connectivity index (χ4n) is 1.55. The fourth-order valence-corrected chi connectivity index (χ4v) is 2.35. The average Bonchev–Trinajstić information content (AvgIpc) is 2.37. The van der Waals surface area contributed by atoms with E-state index < -0.39 is 15.0 Å². The van der Waals surface area contributed by atoms with Gasteiger partial charge in [-0.05, 0) is 24.6 Å². The van der Waals surface area contributed by atoms with Gasteiger partial charge in [-0.2, -0.15) is 0 Å². The van der Waals surface area contributed by atoms with Gasteiger partial charge in [0.05, 0.1) is 17.1 Å². The van der Waals surface area contributed by atoms with Gasteiger partial charge in [-0.25, -0.2) is 13.2 Å². The first-order chi connectivity index (χ1) is 8.95. The number of unbranched alkanes of at least 4 members (excludes halogenated alkanes) is 3. The highest BCUT2D eigenvalue weighted by Gasteiger charge is 2.14. The van der Waals surface area contributed by atoms with Crippen molar-refractivity contribution in [3.8, 4) is 0 Å². The van der Waals surface area contributed by atoms with E-state index in [9.17, 15) is 13.2 Å². The van der Waals surface area contributed by atoms with Crippen LogP contribution in [0.2, 0.25) is 0 Å². The number of rotatable bonds is 7. The largest absolute Gasteiger partial charge is 0.462 e. The molecule has 0 aromatic heterocycles. The number of ether oxygens (including phenoxy) is 1. The van der Waals surface area contributed by atoms with E-state index in [0.29, 0.717) is 6.61 Å². The number of esters is 1. The second-order valence-electron chi connectivity index (χ2n) is 4.16. The second kappa shape index (κ2) is 7.50. The van der Waals surface area contributed by atoms with E-state index in [4.69, 9.17) is 15.4 Å². The minimum Gasteiger partial charge on any atom is -0.462 e. The van der Waals surface area contributed by atoms with Crippen LogP contribution in [0.25, 0.3) is 0 Å². The SMILES string of the molecule is CCCCCCOC(=O)c1cccc(S(=O)(=O)Cl)c1. The van der Waals surface area contributed by atoms with Gasteiger partial charge < -0.3 is 4.74 Å². The molecule has 0 fully saturated rings. The highest BCUT2D eigenvalue weighted by atomic mass is 35.7. The predicted octanol–water partition coefficient (Wildman–Crippen LogP) is 3.35. The molecule has 0 saturated carbocycles. The van der Waals surface area contributed by atoms with Gasteiger partial charge in [-0.1, -0.05) is 32.3 Å². The molecule has 0 unspecified atom stereocenters. The average molecular weight is 305 g/mol. The van der Waals surface area contributed by atoms with Crippen LogP contribution in [-0.4, -0.2) is 21.0 Å². The molecular formula is C13H17ClO4S. The number of halogens is 1. The summed E-state index contributed by atoms with van der Waals surface area (Å²) in [6.45, 7) is 2.45. The molecule has 0 aliphatic rings. The summed E-state index contributed by atoms with van der Waals surface area (Å²) in [5.74, 6) is -0.529. The van der Waals surface area contributed by atoms with Gasteiger partial charge in [0.1, 0.15) is 0 Å². The lowest BCUT2D eigenvalue weighted by Gasteiger charge is -2.05. The maximum absolute atomic E-state index is 11.7. The van der Waals surface area contributed by atoms with E-state index in [2.05, 4.69) is 6.92 Å². The molecule has 0 N–H and O–H groups in total. The monoisotopic (exact) mass is 304 g/mol.